The van der Waals surface area contributed by atoms with Crippen LogP contribution in [0.2, 0.25) is 0 Å². The molecular formula is C11H12N2O3S. The Balaban J connectivity index is 3.11. The second-order valence-corrected chi connectivity index (χ2v) is 5.19. The molecule has 0 aromatic heterocycles. The summed E-state index contributed by atoms with van der Waals surface area (Å²) in [5, 5.41) is 12.2. The Morgan fingerprint density at radius 3 is 2.47 bits per heavy atom. The number of nitrogens with zero attached hydrogens (tertiary/aromatic N) is 2. The Bertz CT molecular complexity index is 598. The molecule has 0 saturated heterocycles. The van der Waals surface area contributed by atoms with Crippen LogP contribution in [-0.2, 0) is 14.4 Å². The van der Waals surface area contributed by atoms with Crippen molar-refractivity contribution in [2.24, 2.45) is 5.16 Å². The Morgan fingerprint density at radius 2 is 2.00 bits per heavy atom. The van der Waals surface area contributed by atoms with Gasteiger partial charge in [-0.05, 0) is 31.0 Å². The largest absolute Gasteiger partial charge is 0.325 e. The lowest BCUT2D eigenvalue weighted by Gasteiger charge is -2.02. The van der Waals surface area contributed by atoms with Crippen molar-refractivity contribution >= 4 is 15.8 Å². The molecule has 17 heavy (non-hydrogen) atoms. The molecule has 0 aliphatic carbocycles. The van der Waals surface area contributed by atoms with Gasteiger partial charge in [0.1, 0.15) is 6.07 Å². The van der Waals surface area contributed by atoms with Crippen molar-refractivity contribution in [3.63, 3.8) is 0 Å². The van der Waals surface area contributed by atoms with Crippen LogP contribution in [0.5, 0.6) is 0 Å². The van der Waals surface area contributed by atoms with E-state index < -0.39 is 10.1 Å². The normalized spacial score (nSPS) is 12.0. The van der Waals surface area contributed by atoms with Gasteiger partial charge >= 0.3 is 10.1 Å². The van der Waals surface area contributed by atoms with E-state index in [2.05, 4.69) is 9.44 Å². The van der Waals surface area contributed by atoms with Gasteiger partial charge < -0.3 is 0 Å². The van der Waals surface area contributed by atoms with Crippen LogP contribution < -0.4 is 0 Å². The number of benzene rings is 1. The van der Waals surface area contributed by atoms with Gasteiger partial charge in [0.2, 0.25) is 0 Å². The van der Waals surface area contributed by atoms with E-state index in [1.54, 1.807) is 18.2 Å². The topological polar surface area (TPSA) is 79.5 Å². The maximum atomic E-state index is 10.8. The third kappa shape index (κ3) is 3.89. The minimum absolute atomic E-state index is 0.0708. The van der Waals surface area contributed by atoms with Gasteiger partial charge in [0.15, 0.2) is 5.71 Å². The second-order valence-electron chi connectivity index (χ2n) is 3.63. The lowest BCUT2D eigenvalue weighted by atomic mass is 10.0. The number of hydrogen-bond donors (Lipinski definition) is 0. The van der Waals surface area contributed by atoms with E-state index in [0.29, 0.717) is 5.56 Å². The lowest BCUT2D eigenvalue weighted by molar-refractivity contribution is 0.344. The van der Waals surface area contributed by atoms with Crippen molar-refractivity contribution in [1.29, 1.82) is 5.26 Å². The molecule has 0 N–H and O–H groups in total. The van der Waals surface area contributed by atoms with Crippen LogP contribution in [0, 0.1) is 25.2 Å². The summed E-state index contributed by atoms with van der Waals surface area (Å²) >= 11 is 0. The smallest absolute Gasteiger partial charge is 0.267 e. The standard InChI is InChI=1S/C11H12N2O3S/c1-8-4-5-10(6-9(8)2)11(7-12)13-16-17(3,14)15/h4-6H,1-3H3/b13-11-. The Morgan fingerprint density at radius 1 is 1.35 bits per heavy atom. The van der Waals surface area contributed by atoms with Crippen LogP contribution in [0.15, 0.2) is 23.4 Å². The fourth-order valence-electron chi connectivity index (χ4n) is 1.13. The van der Waals surface area contributed by atoms with Crippen molar-refractivity contribution in [1.82, 2.24) is 0 Å². The highest BCUT2D eigenvalue weighted by atomic mass is 32.2. The molecule has 0 aliphatic heterocycles. The monoisotopic (exact) mass is 252 g/mol. The summed E-state index contributed by atoms with van der Waals surface area (Å²) in [4.78, 5) is 0. The van der Waals surface area contributed by atoms with Crippen molar-refractivity contribution in [3.8, 4) is 6.07 Å². The first-order valence-corrected chi connectivity index (χ1v) is 6.59. The molecule has 0 aliphatic rings. The molecule has 0 atom stereocenters. The third-order valence-corrected chi connectivity index (χ3v) is 2.50. The molecule has 6 heteroatoms. The summed E-state index contributed by atoms with van der Waals surface area (Å²) in [5.74, 6) is 0. The molecule has 0 heterocycles. The molecule has 1 aromatic rings. The molecule has 0 unspecified atom stereocenters. The third-order valence-electron chi connectivity index (χ3n) is 2.15. The zero-order valence-corrected chi connectivity index (χ0v) is 10.6. The van der Waals surface area contributed by atoms with Crippen molar-refractivity contribution in [2.45, 2.75) is 13.8 Å². The van der Waals surface area contributed by atoms with Gasteiger partial charge in [-0.3, -0.25) is 4.28 Å². The van der Waals surface area contributed by atoms with E-state index in [1.165, 1.54) is 0 Å². The van der Waals surface area contributed by atoms with Crippen LogP contribution in [0.1, 0.15) is 16.7 Å². The summed E-state index contributed by atoms with van der Waals surface area (Å²) < 4.78 is 25.8. The highest BCUT2D eigenvalue weighted by Gasteiger charge is 2.07. The van der Waals surface area contributed by atoms with E-state index >= 15 is 0 Å². The number of rotatable bonds is 3. The van der Waals surface area contributed by atoms with Gasteiger partial charge in [-0.15, -0.1) is 0 Å². The van der Waals surface area contributed by atoms with Crippen molar-refractivity contribution < 1.29 is 12.7 Å². The number of aryl methyl sites for hydroxylation is 2. The molecule has 1 aromatic carbocycles. The van der Waals surface area contributed by atoms with Crippen molar-refractivity contribution in [2.75, 3.05) is 6.26 Å². The quantitative estimate of drug-likeness (QED) is 0.603. The molecule has 0 bridgehead atoms. The van der Waals surface area contributed by atoms with Gasteiger partial charge in [-0.1, -0.05) is 17.3 Å². The molecule has 0 saturated carbocycles. The molecule has 0 radical (unpaired) electrons. The maximum absolute atomic E-state index is 10.8. The Labute approximate surface area is 100 Å². The predicted molar refractivity (Wildman–Crippen MR) is 64.0 cm³/mol. The van der Waals surface area contributed by atoms with E-state index in [9.17, 15) is 8.42 Å². The van der Waals surface area contributed by atoms with E-state index in [0.717, 1.165) is 17.4 Å². The summed E-state index contributed by atoms with van der Waals surface area (Å²) in [5.41, 5.74) is 2.53. The average Bonchev–Trinajstić information content (AvgIpc) is 2.22. The van der Waals surface area contributed by atoms with E-state index in [1.807, 2.05) is 19.9 Å². The predicted octanol–water partition coefficient (Wildman–Crippen LogP) is 1.51. The molecule has 5 nitrogen and oxygen atoms in total. The molecule has 0 fully saturated rings. The lowest BCUT2D eigenvalue weighted by Crippen LogP contribution is -2.03. The minimum atomic E-state index is -3.69. The fourth-order valence-corrected chi connectivity index (χ4v) is 1.34. The molecule has 1 rings (SSSR count). The Hall–Kier alpha value is -1.87. The first kappa shape index (κ1) is 13.2. The fraction of sp³-hybridized carbons (Fsp3) is 0.273. The molecular weight excluding hydrogens is 240 g/mol. The maximum Gasteiger partial charge on any atom is 0.325 e. The van der Waals surface area contributed by atoms with Crippen LogP contribution in [0.4, 0.5) is 0 Å². The van der Waals surface area contributed by atoms with Crippen LogP contribution in [0.25, 0.3) is 0 Å². The van der Waals surface area contributed by atoms with E-state index in [4.69, 9.17) is 5.26 Å². The molecule has 0 amide bonds. The highest BCUT2D eigenvalue weighted by Crippen LogP contribution is 2.11. The minimum Gasteiger partial charge on any atom is -0.267 e. The summed E-state index contributed by atoms with van der Waals surface area (Å²) in [7, 11) is -3.69. The first-order valence-electron chi connectivity index (χ1n) is 4.78. The van der Waals surface area contributed by atoms with Gasteiger partial charge in [0.05, 0.1) is 6.26 Å². The zero-order chi connectivity index (χ0) is 13.1. The highest BCUT2D eigenvalue weighted by molar-refractivity contribution is 7.85. The van der Waals surface area contributed by atoms with Crippen LogP contribution in [0.3, 0.4) is 0 Å². The SMILES string of the molecule is Cc1ccc(/C(C#N)=N\OS(C)(=O)=O)cc1C. The van der Waals surface area contributed by atoms with Gasteiger partial charge in [-0.2, -0.15) is 13.7 Å². The first-order chi connectivity index (χ1) is 7.83. The average molecular weight is 252 g/mol. The van der Waals surface area contributed by atoms with Gasteiger partial charge in [0.25, 0.3) is 0 Å². The molecule has 90 valence electrons. The summed E-state index contributed by atoms with van der Waals surface area (Å²) in [6, 6.07) is 7.07. The molecule has 0 spiro atoms. The summed E-state index contributed by atoms with van der Waals surface area (Å²) in [6.07, 6.45) is 0.867. The van der Waals surface area contributed by atoms with Crippen LogP contribution in [-0.4, -0.2) is 20.4 Å². The zero-order valence-electron chi connectivity index (χ0n) is 9.76. The van der Waals surface area contributed by atoms with Crippen LogP contribution >= 0.6 is 0 Å². The van der Waals surface area contributed by atoms with Gasteiger partial charge in [-0.25, -0.2) is 0 Å². The van der Waals surface area contributed by atoms with Crippen molar-refractivity contribution in [3.05, 3.63) is 34.9 Å². The van der Waals surface area contributed by atoms with E-state index in [-0.39, 0.29) is 5.71 Å². The number of nitriles is 1. The number of oxime groups is 1. The summed E-state index contributed by atoms with van der Waals surface area (Å²) in [6.45, 7) is 3.83. The Kier molecular flexibility index (Phi) is 3.86. The number of hydrogen-bond acceptors (Lipinski definition) is 5. The second kappa shape index (κ2) is 4.97. The van der Waals surface area contributed by atoms with Gasteiger partial charge in [0, 0.05) is 5.56 Å².